The maximum atomic E-state index is 12.8. The summed E-state index contributed by atoms with van der Waals surface area (Å²) in [4.78, 5) is 0. The van der Waals surface area contributed by atoms with E-state index < -0.39 is 11.6 Å². The first kappa shape index (κ1) is 10.5. The van der Waals surface area contributed by atoms with Gasteiger partial charge in [-0.1, -0.05) is 0 Å². The van der Waals surface area contributed by atoms with Crippen molar-refractivity contribution in [2.24, 2.45) is 0 Å². The van der Waals surface area contributed by atoms with Gasteiger partial charge in [-0.25, -0.2) is 8.78 Å². The van der Waals surface area contributed by atoms with E-state index in [1.165, 1.54) is 12.1 Å². The quantitative estimate of drug-likeness (QED) is 0.770. The number of halogens is 2. The molecule has 0 saturated carbocycles. The van der Waals surface area contributed by atoms with Crippen LogP contribution in [-0.2, 0) is 16.1 Å². The average Bonchev–Trinajstić information content (AvgIpc) is 2.65. The summed E-state index contributed by atoms with van der Waals surface area (Å²) in [6, 6.07) is 3.37. The topological polar surface area (TPSA) is 18.5 Å². The van der Waals surface area contributed by atoms with Crippen molar-refractivity contribution in [3.63, 3.8) is 0 Å². The van der Waals surface area contributed by atoms with Gasteiger partial charge in [0.05, 0.1) is 6.61 Å². The summed E-state index contributed by atoms with van der Waals surface area (Å²) in [5.41, 5.74) is 0.489. The molecule has 1 aliphatic heterocycles. The van der Waals surface area contributed by atoms with E-state index >= 15 is 0 Å². The van der Waals surface area contributed by atoms with Gasteiger partial charge in [0.25, 0.3) is 0 Å². The van der Waals surface area contributed by atoms with Crippen molar-refractivity contribution >= 4 is 0 Å². The molecule has 0 amide bonds. The number of hydrogen-bond donors (Lipinski definition) is 0. The molecule has 1 saturated heterocycles. The van der Waals surface area contributed by atoms with Gasteiger partial charge < -0.3 is 9.47 Å². The standard InChI is InChI=1S/C11H12F2O2/c12-9-4-8(5-10(13)6-9)7-15-11-2-1-3-14-11/h4-6,11H,1-3,7H2. The minimum absolute atomic E-state index is 0.180. The van der Waals surface area contributed by atoms with E-state index in [2.05, 4.69) is 0 Å². The Balaban J connectivity index is 1.92. The van der Waals surface area contributed by atoms with Crippen LogP contribution in [0.5, 0.6) is 0 Å². The fraction of sp³-hybridized carbons (Fsp3) is 0.455. The van der Waals surface area contributed by atoms with E-state index in [9.17, 15) is 8.78 Å². The fourth-order valence-electron chi connectivity index (χ4n) is 1.56. The molecule has 0 aromatic heterocycles. The Morgan fingerprint density at radius 3 is 2.60 bits per heavy atom. The van der Waals surface area contributed by atoms with Crippen molar-refractivity contribution < 1.29 is 18.3 Å². The zero-order valence-electron chi connectivity index (χ0n) is 8.21. The summed E-state index contributed by atoms with van der Waals surface area (Å²) in [6.45, 7) is 0.877. The van der Waals surface area contributed by atoms with E-state index in [0.29, 0.717) is 12.2 Å². The summed E-state index contributed by atoms with van der Waals surface area (Å²) in [5, 5.41) is 0. The zero-order valence-corrected chi connectivity index (χ0v) is 8.21. The molecule has 0 radical (unpaired) electrons. The summed E-state index contributed by atoms with van der Waals surface area (Å²) < 4.78 is 36.2. The first-order valence-corrected chi connectivity index (χ1v) is 4.92. The third-order valence-corrected chi connectivity index (χ3v) is 2.25. The second-order valence-corrected chi connectivity index (χ2v) is 3.53. The highest BCUT2D eigenvalue weighted by atomic mass is 19.1. The van der Waals surface area contributed by atoms with Crippen LogP contribution < -0.4 is 0 Å². The van der Waals surface area contributed by atoms with E-state index in [1.807, 2.05) is 0 Å². The molecule has 1 aliphatic rings. The fourth-order valence-corrected chi connectivity index (χ4v) is 1.56. The largest absolute Gasteiger partial charge is 0.353 e. The van der Waals surface area contributed by atoms with Crippen molar-refractivity contribution in [3.05, 3.63) is 35.4 Å². The van der Waals surface area contributed by atoms with Crippen LogP contribution in [-0.4, -0.2) is 12.9 Å². The Kier molecular flexibility index (Phi) is 3.28. The van der Waals surface area contributed by atoms with Crippen molar-refractivity contribution in [3.8, 4) is 0 Å². The Bertz CT molecular complexity index is 315. The summed E-state index contributed by atoms with van der Waals surface area (Å²) in [7, 11) is 0. The van der Waals surface area contributed by atoms with Gasteiger partial charge in [-0.05, 0) is 24.1 Å². The highest BCUT2D eigenvalue weighted by Crippen LogP contribution is 2.16. The predicted molar refractivity (Wildman–Crippen MR) is 50.1 cm³/mol. The molecule has 1 aromatic carbocycles. The number of rotatable bonds is 3. The van der Waals surface area contributed by atoms with Gasteiger partial charge in [0.2, 0.25) is 0 Å². The Morgan fingerprint density at radius 1 is 1.27 bits per heavy atom. The summed E-state index contributed by atoms with van der Waals surface area (Å²) in [5.74, 6) is -1.16. The molecule has 2 nitrogen and oxygen atoms in total. The molecular weight excluding hydrogens is 202 g/mol. The SMILES string of the molecule is Fc1cc(F)cc(COC2CCCO2)c1. The van der Waals surface area contributed by atoms with Crippen LogP contribution in [0.3, 0.4) is 0 Å². The first-order valence-electron chi connectivity index (χ1n) is 4.92. The highest BCUT2D eigenvalue weighted by molar-refractivity contribution is 5.16. The van der Waals surface area contributed by atoms with Crippen LogP contribution in [0.2, 0.25) is 0 Å². The van der Waals surface area contributed by atoms with Crippen molar-refractivity contribution in [2.45, 2.75) is 25.7 Å². The maximum Gasteiger partial charge on any atom is 0.158 e. The molecule has 0 bridgehead atoms. The predicted octanol–water partition coefficient (Wildman–Crippen LogP) is 2.62. The molecule has 0 spiro atoms. The van der Waals surface area contributed by atoms with E-state index in [1.54, 1.807) is 0 Å². The van der Waals surface area contributed by atoms with Gasteiger partial charge in [0, 0.05) is 19.1 Å². The van der Waals surface area contributed by atoms with E-state index in [0.717, 1.165) is 18.9 Å². The lowest BCUT2D eigenvalue weighted by atomic mass is 10.2. The van der Waals surface area contributed by atoms with Gasteiger partial charge in [-0.2, -0.15) is 0 Å². The van der Waals surface area contributed by atoms with Crippen LogP contribution in [0.25, 0.3) is 0 Å². The van der Waals surface area contributed by atoms with Crippen LogP contribution in [0, 0.1) is 11.6 Å². The summed E-state index contributed by atoms with van der Waals surface area (Å²) in [6.07, 6.45) is 1.59. The Hall–Kier alpha value is -1.00. The molecule has 2 rings (SSSR count). The minimum atomic E-state index is -0.582. The lowest BCUT2D eigenvalue weighted by Gasteiger charge is -2.10. The smallest absolute Gasteiger partial charge is 0.158 e. The van der Waals surface area contributed by atoms with E-state index in [-0.39, 0.29) is 12.9 Å². The third-order valence-electron chi connectivity index (χ3n) is 2.25. The molecule has 1 unspecified atom stereocenters. The molecule has 4 heteroatoms. The average molecular weight is 214 g/mol. The zero-order chi connectivity index (χ0) is 10.7. The molecule has 1 atom stereocenters. The second kappa shape index (κ2) is 4.68. The van der Waals surface area contributed by atoms with Crippen LogP contribution in [0.15, 0.2) is 18.2 Å². The monoisotopic (exact) mass is 214 g/mol. The van der Waals surface area contributed by atoms with E-state index in [4.69, 9.17) is 9.47 Å². The lowest BCUT2D eigenvalue weighted by Crippen LogP contribution is -2.10. The number of ether oxygens (including phenoxy) is 2. The summed E-state index contributed by atoms with van der Waals surface area (Å²) >= 11 is 0. The molecule has 1 heterocycles. The van der Waals surface area contributed by atoms with Gasteiger partial charge in [-0.15, -0.1) is 0 Å². The minimum Gasteiger partial charge on any atom is -0.353 e. The second-order valence-electron chi connectivity index (χ2n) is 3.53. The maximum absolute atomic E-state index is 12.8. The first-order chi connectivity index (χ1) is 7.24. The lowest BCUT2D eigenvalue weighted by molar-refractivity contribution is -0.118. The molecule has 0 aliphatic carbocycles. The number of hydrogen-bond acceptors (Lipinski definition) is 2. The molecule has 1 fully saturated rings. The molecule has 15 heavy (non-hydrogen) atoms. The van der Waals surface area contributed by atoms with Gasteiger partial charge in [0.1, 0.15) is 11.6 Å². The van der Waals surface area contributed by atoms with Crippen LogP contribution >= 0.6 is 0 Å². The van der Waals surface area contributed by atoms with Crippen molar-refractivity contribution in [1.82, 2.24) is 0 Å². The van der Waals surface area contributed by atoms with Crippen LogP contribution in [0.1, 0.15) is 18.4 Å². The molecule has 82 valence electrons. The van der Waals surface area contributed by atoms with Crippen molar-refractivity contribution in [2.75, 3.05) is 6.61 Å². The normalized spacial score (nSPS) is 20.8. The highest BCUT2D eigenvalue weighted by Gasteiger charge is 2.15. The van der Waals surface area contributed by atoms with Gasteiger partial charge in [0.15, 0.2) is 6.29 Å². The van der Waals surface area contributed by atoms with Crippen LogP contribution in [0.4, 0.5) is 8.78 Å². The van der Waals surface area contributed by atoms with Gasteiger partial charge >= 0.3 is 0 Å². The van der Waals surface area contributed by atoms with Gasteiger partial charge in [-0.3, -0.25) is 0 Å². The third kappa shape index (κ3) is 2.97. The number of benzene rings is 1. The van der Waals surface area contributed by atoms with Crippen molar-refractivity contribution in [1.29, 1.82) is 0 Å². The molecule has 1 aromatic rings. The molecule has 0 N–H and O–H groups in total. The molecular formula is C11H12F2O2. The Morgan fingerprint density at radius 2 is 2.00 bits per heavy atom. The Labute approximate surface area is 86.8 Å².